The van der Waals surface area contributed by atoms with Gasteiger partial charge < -0.3 is 15.5 Å². The summed E-state index contributed by atoms with van der Waals surface area (Å²) in [5.41, 5.74) is 7.20. The number of nitrogens with zero attached hydrogens (tertiary/aromatic N) is 3. The molecule has 2 heterocycles. The highest BCUT2D eigenvalue weighted by Gasteiger charge is 2.19. The molecule has 0 unspecified atom stereocenters. The Balaban J connectivity index is 1.45. The van der Waals surface area contributed by atoms with Crippen LogP contribution in [0.15, 0.2) is 51.0 Å². The minimum Gasteiger partial charge on any atom is -0.370 e. The normalized spacial score (nSPS) is 16.0. The van der Waals surface area contributed by atoms with Crippen LogP contribution in [-0.2, 0) is 10.0 Å². The fourth-order valence-corrected chi connectivity index (χ4v) is 4.97. The third-order valence-electron chi connectivity index (χ3n) is 4.23. The largest absolute Gasteiger partial charge is 0.370 e. The van der Waals surface area contributed by atoms with E-state index in [2.05, 4.69) is 14.6 Å². The first-order valence-electron chi connectivity index (χ1n) is 8.54. The fraction of sp³-hybridized carbons (Fsp3) is 0.353. The number of piperazine rings is 1. The van der Waals surface area contributed by atoms with Crippen molar-refractivity contribution in [1.82, 2.24) is 9.62 Å². The Morgan fingerprint density at radius 2 is 1.89 bits per heavy atom. The molecule has 1 aliphatic heterocycles. The molecule has 0 saturated carbocycles. The maximum Gasteiger partial charge on any atom is 0.250 e. The molecular weight excluding hydrogens is 406 g/mol. The maximum absolute atomic E-state index is 12.0. The Morgan fingerprint density at radius 3 is 2.52 bits per heavy atom. The van der Waals surface area contributed by atoms with Crippen LogP contribution in [0.5, 0.6) is 0 Å². The smallest absolute Gasteiger partial charge is 0.250 e. The topological polar surface area (TPSA) is 91.0 Å². The molecule has 2 aromatic rings. The van der Waals surface area contributed by atoms with Gasteiger partial charge in [0.25, 0.3) is 0 Å². The van der Waals surface area contributed by atoms with Crippen molar-refractivity contribution in [3.63, 3.8) is 0 Å². The van der Waals surface area contributed by atoms with Crippen molar-refractivity contribution in [2.75, 3.05) is 44.2 Å². The number of anilines is 1. The lowest BCUT2D eigenvalue weighted by Gasteiger charge is -2.36. The first kappa shape index (κ1) is 19.9. The highest BCUT2D eigenvalue weighted by molar-refractivity contribution is 7.91. The summed E-state index contributed by atoms with van der Waals surface area (Å²) in [6, 6.07) is 11.1. The first-order chi connectivity index (χ1) is 13.0. The van der Waals surface area contributed by atoms with E-state index >= 15 is 0 Å². The molecular formula is C17H22ClN5O2S2. The Bertz CT molecular complexity index is 861. The van der Waals surface area contributed by atoms with Crippen LogP contribution >= 0.6 is 22.9 Å². The van der Waals surface area contributed by atoms with Crippen LogP contribution in [0.25, 0.3) is 0 Å². The summed E-state index contributed by atoms with van der Waals surface area (Å²) < 4.78 is 26.9. The van der Waals surface area contributed by atoms with E-state index in [-0.39, 0.29) is 6.54 Å². The van der Waals surface area contributed by atoms with Gasteiger partial charge in [-0.25, -0.2) is 13.1 Å². The van der Waals surface area contributed by atoms with Crippen LogP contribution < -0.4 is 15.4 Å². The highest BCUT2D eigenvalue weighted by Crippen LogP contribution is 2.19. The average molecular weight is 428 g/mol. The lowest BCUT2D eigenvalue weighted by Crippen LogP contribution is -2.51. The van der Waals surface area contributed by atoms with E-state index in [1.165, 1.54) is 11.3 Å². The van der Waals surface area contributed by atoms with E-state index < -0.39 is 10.0 Å². The zero-order chi connectivity index (χ0) is 19.3. The molecule has 1 saturated heterocycles. The van der Waals surface area contributed by atoms with Crippen LogP contribution in [0.2, 0.25) is 5.02 Å². The van der Waals surface area contributed by atoms with E-state index in [0.29, 0.717) is 16.7 Å². The van der Waals surface area contributed by atoms with Gasteiger partial charge in [-0.05, 0) is 35.7 Å². The number of halogens is 1. The molecule has 1 fully saturated rings. The summed E-state index contributed by atoms with van der Waals surface area (Å²) in [7, 11) is -3.45. The zero-order valence-electron chi connectivity index (χ0n) is 14.7. The molecule has 3 N–H and O–H groups in total. The predicted octanol–water partition coefficient (Wildman–Crippen LogP) is 1.82. The summed E-state index contributed by atoms with van der Waals surface area (Å²) in [6.45, 7) is 3.71. The van der Waals surface area contributed by atoms with Gasteiger partial charge >= 0.3 is 0 Å². The van der Waals surface area contributed by atoms with Crippen molar-refractivity contribution in [2.45, 2.75) is 4.21 Å². The standard InChI is InChI=1S/C17H22ClN5O2S2/c18-14-3-5-15(6-4-14)22-9-11-23(12-10-22)17(19)20-7-8-21-27(24,25)16-2-1-13-26-16/h1-6,13,21H,7-12H2,(H2,19,20). The van der Waals surface area contributed by atoms with Gasteiger partial charge in [0.1, 0.15) is 4.21 Å². The number of guanidine groups is 1. The van der Waals surface area contributed by atoms with Gasteiger partial charge in [-0.3, -0.25) is 4.99 Å². The number of thiophene rings is 1. The van der Waals surface area contributed by atoms with Crippen molar-refractivity contribution in [2.24, 2.45) is 10.7 Å². The number of aliphatic imine (C=N–C) groups is 1. The van der Waals surface area contributed by atoms with E-state index in [0.717, 1.165) is 36.9 Å². The van der Waals surface area contributed by atoms with Gasteiger partial charge in [0.05, 0.1) is 6.54 Å². The summed E-state index contributed by atoms with van der Waals surface area (Å²) >= 11 is 7.12. The molecule has 0 spiro atoms. The number of nitrogens with one attached hydrogen (secondary N) is 1. The molecule has 27 heavy (non-hydrogen) atoms. The first-order valence-corrected chi connectivity index (χ1v) is 11.3. The third-order valence-corrected chi connectivity index (χ3v) is 7.34. The zero-order valence-corrected chi connectivity index (χ0v) is 17.1. The second-order valence-corrected chi connectivity index (χ2v) is 9.40. The number of rotatable bonds is 6. The van der Waals surface area contributed by atoms with Crippen LogP contribution in [0.4, 0.5) is 5.69 Å². The van der Waals surface area contributed by atoms with Crippen molar-refractivity contribution < 1.29 is 8.42 Å². The second-order valence-electron chi connectivity index (χ2n) is 6.02. The van der Waals surface area contributed by atoms with Gasteiger partial charge in [-0.1, -0.05) is 17.7 Å². The van der Waals surface area contributed by atoms with Crippen LogP contribution in [-0.4, -0.2) is 58.5 Å². The summed E-state index contributed by atoms with van der Waals surface area (Å²) in [6.07, 6.45) is 0. The molecule has 0 atom stereocenters. The van der Waals surface area contributed by atoms with E-state index in [1.54, 1.807) is 17.5 Å². The fourth-order valence-electron chi connectivity index (χ4n) is 2.78. The maximum atomic E-state index is 12.0. The Morgan fingerprint density at radius 1 is 1.19 bits per heavy atom. The molecule has 0 amide bonds. The lowest BCUT2D eigenvalue weighted by molar-refractivity contribution is 0.381. The van der Waals surface area contributed by atoms with Crippen molar-refractivity contribution in [3.05, 3.63) is 46.8 Å². The van der Waals surface area contributed by atoms with Gasteiger partial charge in [-0.15, -0.1) is 11.3 Å². The molecule has 146 valence electrons. The summed E-state index contributed by atoms with van der Waals surface area (Å²) in [4.78, 5) is 8.59. The third kappa shape index (κ3) is 5.35. The van der Waals surface area contributed by atoms with Crippen molar-refractivity contribution in [3.8, 4) is 0 Å². The van der Waals surface area contributed by atoms with Crippen molar-refractivity contribution >= 4 is 44.6 Å². The average Bonchev–Trinajstić information content (AvgIpc) is 3.22. The molecule has 1 aromatic carbocycles. The second kappa shape index (κ2) is 8.92. The van der Waals surface area contributed by atoms with E-state index in [1.807, 2.05) is 29.2 Å². The van der Waals surface area contributed by atoms with E-state index in [4.69, 9.17) is 17.3 Å². The Hall–Kier alpha value is -1.81. The van der Waals surface area contributed by atoms with Gasteiger partial charge in [-0.2, -0.15) is 0 Å². The minimum absolute atomic E-state index is 0.214. The highest BCUT2D eigenvalue weighted by atomic mass is 35.5. The molecule has 0 aliphatic carbocycles. The number of sulfonamides is 1. The summed E-state index contributed by atoms with van der Waals surface area (Å²) in [5, 5.41) is 2.46. The van der Waals surface area contributed by atoms with Gasteiger partial charge in [0.15, 0.2) is 5.96 Å². The molecule has 3 rings (SSSR count). The molecule has 0 radical (unpaired) electrons. The monoisotopic (exact) mass is 427 g/mol. The summed E-state index contributed by atoms with van der Waals surface area (Å²) in [5.74, 6) is 0.445. The van der Waals surface area contributed by atoms with Gasteiger partial charge in [0, 0.05) is 43.4 Å². The van der Waals surface area contributed by atoms with Crippen LogP contribution in [0.1, 0.15) is 0 Å². The number of nitrogens with two attached hydrogens (primary N) is 1. The predicted molar refractivity (Wildman–Crippen MR) is 111 cm³/mol. The lowest BCUT2D eigenvalue weighted by atomic mass is 10.2. The van der Waals surface area contributed by atoms with E-state index in [9.17, 15) is 8.42 Å². The molecule has 10 heteroatoms. The minimum atomic E-state index is -3.45. The van der Waals surface area contributed by atoms with Crippen molar-refractivity contribution in [1.29, 1.82) is 0 Å². The molecule has 1 aliphatic rings. The number of benzene rings is 1. The Labute approximate surface area is 168 Å². The van der Waals surface area contributed by atoms with Crippen LogP contribution in [0.3, 0.4) is 0 Å². The SMILES string of the molecule is NC(=NCCNS(=O)(=O)c1cccs1)N1CCN(c2ccc(Cl)cc2)CC1. The Kier molecular flexibility index (Phi) is 6.59. The van der Waals surface area contributed by atoms with Crippen LogP contribution in [0, 0.1) is 0 Å². The number of hydrogen-bond donors (Lipinski definition) is 2. The molecule has 7 nitrogen and oxygen atoms in total. The number of hydrogen-bond acceptors (Lipinski definition) is 5. The van der Waals surface area contributed by atoms with Gasteiger partial charge in [0.2, 0.25) is 10.0 Å². The molecule has 1 aromatic heterocycles. The quantitative estimate of drug-likeness (QED) is 0.417. The molecule has 0 bridgehead atoms.